The van der Waals surface area contributed by atoms with Gasteiger partial charge < -0.3 is 14.9 Å². The number of hydrogen-bond donors (Lipinski definition) is 2. The van der Waals surface area contributed by atoms with E-state index in [2.05, 4.69) is 0 Å². The molecule has 5 heteroatoms. The number of aliphatic hydroxyl groups is 1. The fourth-order valence-electron chi connectivity index (χ4n) is 1.53. The zero-order chi connectivity index (χ0) is 13.0. The number of carboxylic acids is 1. The number of carboxylic acid groups (broad SMARTS) is 1. The van der Waals surface area contributed by atoms with Gasteiger partial charge in [-0.3, -0.25) is 4.79 Å². The maximum absolute atomic E-state index is 11.0. The van der Waals surface area contributed by atoms with E-state index in [0.717, 1.165) is 0 Å². The highest BCUT2D eigenvalue weighted by Gasteiger charge is 2.20. The molecule has 0 saturated carbocycles. The number of Topliss-reactive ketones (excluding diaryl/α,β-unsaturated/α-hetero) is 1. The highest BCUT2D eigenvalue weighted by atomic mass is 16.5. The molecule has 0 fully saturated rings. The van der Waals surface area contributed by atoms with Gasteiger partial charge in [0, 0.05) is 12.0 Å². The van der Waals surface area contributed by atoms with Crippen LogP contribution >= 0.6 is 0 Å². The molecule has 0 amide bonds. The third-order valence-electron chi connectivity index (χ3n) is 2.28. The second-order valence-corrected chi connectivity index (χ2v) is 3.70. The minimum absolute atomic E-state index is 0.0362. The highest BCUT2D eigenvalue weighted by Crippen LogP contribution is 2.26. The summed E-state index contributed by atoms with van der Waals surface area (Å²) in [7, 11) is 1.39. The zero-order valence-corrected chi connectivity index (χ0v) is 9.64. The van der Waals surface area contributed by atoms with Crippen molar-refractivity contribution >= 4 is 11.8 Å². The molecule has 0 radical (unpaired) electrons. The molecule has 0 bridgehead atoms. The van der Waals surface area contributed by atoms with Crippen molar-refractivity contribution in [3.05, 3.63) is 29.3 Å². The molecule has 2 N–H and O–H groups in total. The van der Waals surface area contributed by atoms with Gasteiger partial charge in [0.25, 0.3) is 0 Å². The Labute approximate surface area is 98.6 Å². The topological polar surface area (TPSA) is 83.8 Å². The van der Waals surface area contributed by atoms with Crippen LogP contribution in [-0.4, -0.2) is 29.1 Å². The van der Waals surface area contributed by atoms with Gasteiger partial charge in [-0.25, -0.2) is 4.79 Å². The van der Waals surface area contributed by atoms with Crippen molar-refractivity contribution in [2.75, 3.05) is 7.11 Å². The average Bonchev–Trinajstić information content (AvgIpc) is 2.27. The number of aliphatic carboxylic acids is 1. The van der Waals surface area contributed by atoms with E-state index in [4.69, 9.17) is 9.84 Å². The number of carbonyl (C=O) groups excluding carboxylic acids is 1. The van der Waals surface area contributed by atoms with Crippen LogP contribution < -0.4 is 4.74 Å². The Morgan fingerprint density at radius 2 is 2.06 bits per heavy atom. The summed E-state index contributed by atoms with van der Waals surface area (Å²) >= 11 is 0. The maximum Gasteiger partial charge on any atom is 0.337 e. The molecule has 1 rings (SSSR count). The third-order valence-corrected chi connectivity index (χ3v) is 2.28. The minimum atomic E-state index is -1.66. The summed E-state index contributed by atoms with van der Waals surface area (Å²) in [6.07, 6.45) is -1.46. The molecule has 0 aliphatic rings. The Morgan fingerprint density at radius 3 is 2.53 bits per heavy atom. The summed E-state index contributed by atoms with van der Waals surface area (Å²) < 4.78 is 4.97. The summed E-state index contributed by atoms with van der Waals surface area (Å²) in [6.45, 7) is 1.44. The Kier molecular flexibility index (Phi) is 4.23. The van der Waals surface area contributed by atoms with Crippen LogP contribution in [0, 0.1) is 0 Å². The highest BCUT2D eigenvalue weighted by molar-refractivity contribution is 5.79. The van der Waals surface area contributed by atoms with Gasteiger partial charge >= 0.3 is 5.97 Å². The molecule has 17 heavy (non-hydrogen) atoms. The fraction of sp³-hybridized carbons (Fsp3) is 0.333. The minimum Gasteiger partial charge on any atom is -0.496 e. The Morgan fingerprint density at radius 1 is 1.41 bits per heavy atom. The molecule has 1 unspecified atom stereocenters. The van der Waals surface area contributed by atoms with Crippen molar-refractivity contribution in [3.63, 3.8) is 0 Å². The van der Waals surface area contributed by atoms with Gasteiger partial charge in [-0.05, 0) is 24.6 Å². The van der Waals surface area contributed by atoms with Crippen LogP contribution in [0.5, 0.6) is 5.75 Å². The van der Waals surface area contributed by atoms with Crippen molar-refractivity contribution in [1.29, 1.82) is 0 Å². The lowest BCUT2D eigenvalue weighted by Gasteiger charge is -2.12. The largest absolute Gasteiger partial charge is 0.496 e. The number of carbonyl (C=O) groups is 2. The van der Waals surface area contributed by atoms with E-state index in [1.165, 1.54) is 20.1 Å². The lowest BCUT2D eigenvalue weighted by atomic mass is 10.0. The normalized spacial score (nSPS) is 11.9. The van der Waals surface area contributed by atoms with Crippen LogP contribution in [0.3, 0.4) is 0 Å². The summed E-state index contributed by atoms with van der Waals surface area (Å²) in [4.78, 5) is 21.7. The van der Waals surface area contributed by atoms with Crippen LogP contribution in [0.15, 0.2) is 18.2 Å². The SMILES string of the molecule is COc1ccc(CC(C)=O)cc1C(O)C(=O)O. The predicted molar refractivity (Wildman–Crippen MR) is 60.0 cm³/mol. The van der Waals surface area contributed by atoms with Gasteiger partial charge in [-0.2, -0.15) is 0 Å². The van der Waals surface area contributed by atoms with Crippen molar-refractivity contribution in [1.82, 2.24) is 0 Å². The number of rotatable bonds is 5. The van der Waals surface area contributed by atoms with Gasteiger partial charge in [0.2, 0.25) is 0 Å². The summed E-state index contributed by atoms with van der Waals surface area (Å²) in [6, 6.07) is 4.68. The Bertz CT molecular complexity index is 439. The molecule has 0 saturated heterocycles. The molecule has 5 nitrogen and oxygen atoms in total. The summed E-state index contributed by atoms with van der Waals surface area (Å²) in [5, 5.41) is 18.3. The van der Waals surface area contributed by atoms with E-state index in [1.54, 1.807) is 12.1 Å². The zero-order valence-electron chi connectivity index (χ0n) is 9.64. The van der Waals surface area contributed by atoms with E-state index >= 15 is 0 Å². The first kappa shape index (κ1) is 13.2. The fourth-order valence-corrected chi connectivity index (χ4v) is 1.53. The summed E-state index contributed by atoms with van der Waals surface area (Å²) in [5.41, 5.74) is 0.798. The smallest absolute Gasteiger partial charge is 0.337 e. The van der Waals surface area contributed by atoms with Gasteiger partial charge in [0.1, 0.15) is 11.5 Å². The number of methoxy groups -OCH3 is 1. The van der Waals surface area contributed by atoms with Gasteiger partial charge in [0.15, 0.2) is 6.10 Å². The molecule has 92 valence electrons. The predicted octanol–water partition coefficient (Wildman–Crippen LogP) is 0.945. The first-order valence-corrected chi connectivity index (χ1v) is 5.02. The van der Waals surface area contributed by atoms with E-state index in [1.807, 2.05) is 0 Å². The van der Waals surface area contributed by atoms with E-state index in [9.17, 15) is 14.7 Å². The molecule has 0 heterocycles. The van der Waals surface area contributed by atoms with Gasteiger partial charge in [-0.1, -0.05) is 6.07 Å². The van der Waals surface area contributed by atoms with Crippen molar-refractivity contribution in [2.24, 2.45) is 0 Å². The number of benzene rings is 1. The van der Waals surface area contributed by atoms with Crippen LogP contribution in [0.2, 0.25) is 0 Å². The molecular formula is C12H14O5. The lowest BCUT2D eigenvalue weighted by Crippen LogP contribution is -2.12. The van der Waals surface area contributed by atoms with Crippen LogP contribution in [0.4, 0.5) is 0 Å². The van der Waals surface area contributed by atoms with E-state index in [0.29, 0.717) is 5.56 Å². The van der Waals surface area contributed by atoms with Crippen molar-refractivity contribution < 1.29 is 24.5 Å². The quantitative estimate of drug-likeness (QED) is 0.797. The monoisotopic (exact) mass is 238 g/mol. The van der Waals surface area contributed by atoms with Gasteiger partial charge in [0.05, 0.1) is 7.11 Å². The number of hydrogen-bond acceptors (Lipinski definition) is 4. The Balaban J connectivity index is 3.14. The number of aliphatic hydroxyl groups excluding tert-OH is 1. The molecule has 0 aliphatic carbocycles. The van der Waals surface area contributed by atoms with Crippen molar-refractivity contribution in [3.8, 4) is 5.75 Å². The van der Waals surface area contributed by atoms with Gasteiger partial charge in [-0.15, -0.1) is 0 Å². The van der Waals surface area contributed by atoms with Crippen molar-refractivity contribution in [2.45, 2.75) is 19.4 Å². The molecular weight excluding hydrogens is 224 g/mol. The standard InChI is InChI=1S/C12H14O5/c1-7(13)5-8-3-4-10(17-2)9(6-8)11(14)12(15)16/h3-4,6,11,14H,5H2,1-2H3,(H,15,16). The first-order valence-electron chi connectivity index (χ1n) is 5.02. The second kappa shape index (κ2) is 5.45. The lowest BCUT2D eigenvalue weighted by molar-refractivity contribution is -0.147. The third kappa shape index (κ3) is 3.29. The molecule has 1 atom stereocenters. The van der Waals surface area contributed by atoms with Crippen LogP contribution in [0.25, 0.3) is 0 Å². The molecule has 0 aromatic heterocycles. The molecule has 1 aromatic carbocycles. The number of ketones is 1. The number of ether oxygens (including phenoxy) is 1. The maximum atomic E-state index is 11.0. The Hall–Kier alpha value is -1.88. The molecule has 0 spiro atoms. The molecule has 0 aliphatic heterocycles. The van der Waals surface area contributed by atoms with Crippen LogP contribution in [-0.2, 0) is 16.0 Å². The summed E-state index contributed by atoms with van der Waals surface area (Å²) in [5.74, 6) is -1.11. The van der Waals surface area contributed by atoms with E-state index in [-0.39, 0.29) is 23.5 Å². The average molecular weight is 238 g/mol. The van der Waals surface area contributed by atoms with E-state index < -0.39 is 12.1 Å². The second-order valence-electron chi connectivity index (χ2n) is 3.70. The molecule has 1 aromatic rings. The van der Waals surface area contributed by atoms with Crippen LogP contribution in [0.1, 0.15) is 24.2 Å². The first-order chi connectivity index (χ1) is 7.95.